The zero-order chi connectivity index (χ0) is 17.7. The van der Waals surface area contributed by atoms with Crippen LogP contribution in [0.1, 0.15) is 11.1 Å². The van der Waals surface area contributed by atoms with E-state index in [9.17, 15) is 18.0 Å². The number of rotatable bonds is 4. The summed E-state index contributed by atoms with van der Waals surface area (Å²) in [5.41, 5.74) is -0.356. The second kappa shape index (κ2) is 7.23. The molecule has 0 bridgehead atoms. The van der Waals surface area contributed by atoms with Crippen LogP contribution in [0.4, 0.5) is 18.9 Å². The summed E-state index contributed by atoms with van der Waals surface area (Å²) >= 11 is 5.80. The molecule has 0 fully saturated rings. The smallest absolute Gasteiger partial charge is 0.416 e. The van der Waals surface area contributed by atoms with Crippen LogP contribution in [0.25, 0.3) is 0 Å². The van der Waals surface area contributed by atoms with E-state index >= 15 is 0 Å². The lowest BCUT2D eigenvalue weighted by atomic mass is 10.2. The molecule has 0 spiro atoms. The normalized spacial score (nSPS) is 10.8. The first kappa shape index (κ1) is 17.6. The average Bonchev–Trinajstić information content (AvgIpc) is 2.53. The summed E-state index contributed by atoms with van der Waals surface area (Å²) in [5, 5.41) is 11.8. The molecule has 0 radical (unpaired) electrons. The van der Waals surface area contributed by atoms with Crippen molar-refractivity contribution in [2.45, 2.75) is 6.18 Å². The lowest BCUT2D eigenvalue weighted by Gasteiger charge is -2.10. The Balaban J connectivity index is 1.97. The molecule has 1 amide bonds. The molecule has 0 aliphatic rings. The van der Waals surface area contributed by atoms with Crippen LogP contribution in [0, 0.1) is 11.3 Å². The first-order valence-electron chi connectivity index (χ1n) is 6.59. The molecular formula is C16H10ClF3N2O2. The molecule has 2 aromatic rings. The summed E-state index contributed by atoms with van der Waals surface area (Å²) in [5.74, 6) is -0.460. The summed E-state index contributed by atoms with van der Waals surface area (Å²) in [6.45, 7) is -0.428. The Kier molecular flexibility index (Phi) is 5.31. The number of ether oxygens (including phenoxy) is 1. The third kappa shape index (κ3) is 4.64. The van der Waals surface area contributed by atoms with Crippen molar-refractivity contribution in [1.29, 1.82) is 5.26 Å². The van der Waals surface area contributed by atoms with Gasteiger partial charge < -0.3 is 10.1 Å². The van der Waals surface area contributed by atoms with Gasteiger partial charge in [0, 0.05) is 5.02 Å². The molecule has 1 N–H and O–H groups in total. The second-order valence-electron chi connectivity index (χ2n) is 4.66. The van der Waals surface area contributed by atoms with Gasteiger partial charge in [-0.3, -0.25) is 4.79 Å². The Bertz CT molecular complexity index is 783. The fraction of sp³-hybridized carbons (Fsp3) is 0.125. The van der Waals surface area contributed by atoms with Crippen molar-refractivity contribution in [2.24, 2.45) is 0 Å². The van der Waals surface area contributed by atoms with E-state index in [0.29, 0.717) is 5.02 Å². The highest BCUT2D eigenvalue weighted by Gasteiger charge is 2.30. The van der Waals surface area contributed by atoms with Crippen LogP contribution in [0.3, 0.4) is 0 Å². The van der Waals surface area contributed by atoms with E-state index in [-0.39, 0.29) is 17.0 Å². The van der Waals surface area contributed by atoms with Gasteiger partial charge in [-0.05, 0) is 42.5 Å². The molecule has 0 aromatic heterocycles. The Morgan fingerprint density at radius 1 is 1.21 bits per heavy atom. The van der Waals surface area contributed by atoms with Gasteiger partial charge in [0.25, 0.3) is 5.91 Å². The molecule has 2 aromatic carbocycles. The maximum absolute atomic E-state index is 12.4. The third-order valence-electron chi connectivity index (χ3n) is 2.93. The fourth-order valence-electron chi connectivity index (χ4n) is 1.79. The number of anilines is 1. The topological polar surface area (TPSA) is 62.1 Å². The van der Waals surface area contributed by atoms with Gasteiger partial charge in [0.1, 0.15) is 11.8 Å². The number of benzene rings is 2. The summed E-state index contributed by atoms with van der Waals surface area (Å²) in [6, 6.07) is 10.2. The minimum atomic E-state index is -4.43. The molecule has 8 heteroatoms. The van der Waals surface area contributed by atoms with Crippen LogP contribution in [0.2, 0.25) is 5.02 Å². The molecule has 0 atom stereocenters. The van der Waals surface area contributed by atoms with Crippen molar-refractivity contribution < 1.29 is 22.7 Å². The van der Waals surface area contributed by atoms with Gasteiger partial charge in [-0.2, -0.15) is 18.4 Å². The van der Waals surface area contributed by atoms with Crippen molar-refractivity contribution in [1.82, 2.24) is 0 Å². The highest BCUT2D eigenvalue weighted by atomic mass is 35.5. The minimum absolute atomic E-state index is 0.116. The Labute approximate surface area is 140 Å². The zero-order valence-corrected chi connectivity index (χ0v) is 12.8. The summed E-state index contributed by atoms with van der Waals surface area (Å²) < 4.78 is 42.4. The highest BCUT2D eigenvalue weighted by Crippen LogP contribution is 2.30. The van der Waals surface area contributed by atoms with Crippen molar-refractivity contribution in [3.05, 3.63) is 58.6 Å². The third-order valence-corrected chi connectivity index (χ3v) is 3.16. The summed E-state index contributed by atoms with van der Waals surface area (Å²) in [6.07, 6.45) is -4.43. The van der Waals surface area contributed by atoms with Gasteiger partial charge in [0.15, 0.2) is 6.61 Å². The lowest BCUT2D eigenvalue weighted by molar-refractivity contribution is -0.137. The number of halogens is 4. The van der Waals surface area contributed by atoms with Crippen molar-refractivity contribution in [2.75, 3.05) is 11.9 Å². The molecule has 0 aliphatic carbocycles. The maximum Gasteiger partial charge on any atom is 0.416 e. The molecule has 0 saturated carbocycles. The molecule has 0 aliphatic heterocycles. The van der Waals surface area contributed by atoms with Gasteiger partial charge in [-0.25, -0.2) is 0 Å². The van der Waals surface area contributed by atoms with E-state index in [0.717, 1.165) is 24.3 Å². The fourth-order valence-corrected chi connectivity index (χ4v) is 1.96. The van der Waals surface area contributed by atoms with Crippen LogP contribution in [0.5, 0.6) is 5.75 Å². The molecular weight excluding hydrogens is 345 g/mol. The van der Waals surface area contributed by atoms with Gasteiger partial charge in [0.05, 0.1) is 16.8 Å². The van der Waals surface area contributed by atoms with Crippen LogP contribution in [-0.4, -0.2) is 12.5 Å². The van der Waals surface area contributed by atoms with Crippen LogP contribution in [-0.2, 0) is 11.0 Å². The Morgan fingerprint density at radius 2 is 1.88 bits per heavy atom. The minimum Gasteiger partial charge on any atom is -0.484 e. The molecule has 124 valence electrons. The Hall–Kier alpha value is -2.72. The van der Waals surface area contributed by atoms with E-state index in [1.165, 1.54) is 18.2 Å². The molecule has 4 nitrogen and oxygen atoms in total. The van der Waals surface area contributed by atoms with E-state index in [2.05, 4.69) is 5.32 Å². The van der Waals surface area contributed by atoms with E-state index < -0.39 is 24.3 Å². The number of nitrogens with one attached hydrogen (secondary N) is 1. The lowest BCUT2D eigenvalue weighted by Crippen LogP contribution is -2.20. The molecule has 0 heterocycles. The number of nitrogens with zero attached hydrogens (tertiary/aromatic N) is 1. The van der Waals surface area contributed by atoms with E-state index in [1.807, 2.05) is 6.07 Å². The van der Waals surface area contributed by atoms with Crippen LogP contribution in [0.15, 0.2) is 42.5 Å². The van der Waals surface area contributed by atoms with Crippen LogP contribution < -0.4 is 10.1 Å². The van der Waals surface area contributed by atoms with Gasteiger partial charge in [-0.1, -0.05) is 11.6 Å². The molecule has 24 heavy (non-hydrogen) atoms. The average molecular weight is 355 g/mol. The molecule has 0 unspecified atom stereocenters. The van der Waals surface area contributed by atoms with Crippen LogP contribution >= 0.6 is 11.6 Å². The van der Waals surface area contributed by atoms with E-state index in [4.69, 9.17) is 21.6 Å². The number of hydrogen-bond acceptors (Lipinski definition) is 3. The number of amides is 1. The monoisotopic (exact) mass is 354 g/mol. The number of nitriles is 1. The first-order chi connectivity index (χ1) is 11.3. The maximum atomic E-state index is 12.4. The number of alkyl halides is 3. The van der Waals surface area contributed by atoms with Gasteiger partial charge >= 0.3 is 6.18 Å². The predicted molar refractivity (Wildman–Crippen MR) is 81.7 cm³/mol. The highest BCUT2D eigenvalue weighted by molar-refractivity contribution is 6.31. The number of hydrogen-bond donors (Lipinski definition) is 1. The predicted octanol–water partition coefficient (Wildman–Crippen LogP) is 4.25. The zero-order valence-electron chi connectivity index (χ0n) is 12.0. The molecule has 2 rings (SSSR count). The SMILES string of the molecule is N#Cc1ccc(Cl)cc1NC(=O)COc1ccc(C(F)(F)F)cc1. The van der Waals surface area contributed by atoms with Crippen molar-refractivity contribution in [3.63, 3.8) is 0 Å². The molecule has 0 saturated heterocycles. The second-order valence-corrected chi connectivity index (χ2v) is 5.10. The van der Waals surface area contributed by atoms with Crippen molar-refractivity contribution >= 4 is 23.2 Å². The number of carbonyl (C=O) groups is 1. The Morgan fingerprint density at radius 3 is 2.46 bits per heavy atom. The number of carbonyl (C=O) groups excluding carboxylic acids is 1. The summed E-state index contributed by atoms with van der Waals surface area (Å²) in [7, 11) is 0. The quantitative estimate of drug-likeness (QED) is 0.892. The standard InChI is InChI=1S/C16H10ClF3N2O2/c17-12-4-1-10(8-21)14(7-12)22-15(23)9-24-13-5-2-11(3-6-13)16(18,19)20/h1-7H,9H2,(H,22,23). The van der Waals surface area contributed by atoms with E-state index in [1.54, 1.807) is 0 Å². The van der Waals surface area contributed by atoms with Crippen molar-refractivity contribution in [3.8, 4) is 11.8 Å². The van der Waals surface area contributed by atoms with Gasteiger partial charge in [-0.15, -0.1) is 0 Å². The van der Waals surface area contributed by atoms with Gasteiger partial charge in [0.2, 0.25) is 0 Å². The first-order valence-corrected chi connectivity index (χ1v) is 6.97. The summed E-state index contributed by atoms with van der Waals surface area (Å²) in [4.78, 5) is 11.8. The largest absolute Gasteiger partial charge is 0.484 e.